The Morgan fingerprint density at radius 3 is 2.52 bits per heavy atom. The summed E-state index contributed by atoms with van der Waals surface area (Å²) in [6.45, 7) is 1.04. The average molecular weight is 437 g/mol. The zero-order valence-electron chi connectivity index (χ0n) is 15.2. The first kappa shape index (κ1) is 19.9. The van der Waals surface area contributed by atoms with Crippen LogP contribution in [0.1, 0.15) is 12.8 Å². The van der Waals surface area contributed by atoms with E-state index in [1.807, 2.05) is 0 Å². The van der Waals surface area contributed by atoms with Gasteiger partial charge in [-0.05, 0) is 37.1 Å². The molecule has 2 N–H and O–H groups in total. The molecular weight excluding hydrogens is 418 g/mol. The van der Waals surface area contributed by atoms with E-state index in [4.69, 9.17) is 9.47 Å². The van der Waals surface area contributed by atoms with Crippen molar-refractivity contribution in [1.29, 1.82) is 0 Å². The van der Waals surface area contributed by atoms with Crippen LogP contribution in [0.2, 0.25) is 0 Å². The molecule has 2 aromatic carbocycles. The van der Waals surface area contributed by atoms with Gasteiger partial charge in [0, 0.05) is 18.1 Å². The Bertz CT molecular complexity index is 1240. The molecule has 1 fully saturated rings. The Morgan fingerprint density at radius 2 is 1.86 bits per heavy atom. The lowest BCUT2D eigenvalue weighted by molar-refractivity contribution is 0.0680. The van der Waals surface area contributed by atoms with E-state index < -0.39 is 29.9 Å². The predicted octanol–water partition coefficient (Wildman–Crippen LogP) is 2.81. The SMILES string of the molecule is O=S(=O)(O)c1c(S(=O)(=O)c2ccccc2)[nH]c2cc(OCC3CCCO3)ccc12. The topological polar surface area (TPSA) is 123 Å². The number of aromatic nitrogens is 1. The van der Waals surface area contributed by atoms with Crippen molar-refractivity contribution < 1.29 is 30.9 Å². The summed E-state index contributed by atoms with van der Waals surface area (Å²) < 4.78 is 71.0. The number of aromatic amines is 1. The Morgan fingerprint density at radius 1 is 1.10 bits per heavy atom. The van der Waals surface area contributed by atoms with E-state index in [2.05, 4.69) is 4.98 Å². The van der Waals surface area contributed by atoms with E-state index in [9.17, 15) is 21.4 Å². The smallest absolute Gasteiger partial charge is 0.298 e. The van der Waals surface area contributed by atoms with Crippen molar-refractivity contribution in [3.05, 3.63) is 48.5 Å². The second-order valence-corrected chi connectivity index (χ2v) is 9.97. The van der Waals surface area contributed by atoms with Crippen LogP contribution in [0.15, 0.2) is 63.3 Å². The maximum Gasteiger partial charge on any atom is 0.298 e. The second-order valence-electron chi connectivity index (χ2n) is 6.73. The molecule has 1 aliphatic rings. The van der Waals surface area contributed by atoms with Crippen molar-refractivity contribution >= 4 is 30.9 Å². The molecule has 29 heavy (non-hydrogen) atoms. The van der Waals surface area contributed by atoms with Gasteiger partial charge in [0.05, 0.1) is 16.5 Å². The number of H-pyrrole nitrogens is 1. The summed E-state index contributed by atoms with van der Waals surface area (Å²) in [6.07, 6.45) is 1.87. The third-order valence-electron chi connectivity index (χ3n) is 4.73. The highest BCUT2D eigenvalue weighted by atomic mass is 32.2. The maximum absolute atomic E-state index is 13.0. The Labute approximate surface area is 168 Å². The molecule has 3 aromatic rings. The van der Waals surface area contributed by atoms with Gasteiger partial charge < -0.3 is 14.5 Å². The van der Waals surface area contributed by atoms with Crippen molar-refractivity contribution in [3.63, 3.8) is 0 Å². The van der Waals surface area contributed by atoms with Gasteiger partial charge in [-0.3, -0.25) is 4.55 Å². The molecule has 0 bridgehead atoms. The highest BCUT2D eigenvalue weighted by molar-refractivity contribution is 7.92. The highest BCUT2D eigenvalue weighted by Gasteiger charge is 2.32. The molecule has 1 atom stereocenters. The quantitative estimate of drug-likeness (QED) is 0.569. The Balaban J connectivity index is 1.79. The first-order chi connectivity index (χ1) is 13.8. The van der Waals surface area contributed by atoms with Gasteiger partial charge in [-0.15, -0.1) is 0 Å². The number of benzene rings is 2. The first-order valence-corrected chi connectivity index (χ1v) is 11.9. The van der Waals surface area contributed by atoms with Crippen LogP contribution in [-0.4, -0.2) is 45.7 Å². The summed E-state index contributed by atoms with van der Waals surface area (Å²) >= 11 is 0. The molecule has 0 radical (unpaired) electrons. The van der Waals surface area contributed by atoms with Gasteiger partial charge in [-0.2, -0.15) is 8.42 Å². The Kier molecular flexibility index (Phi) is 5.11. The van der Waals surface area contributed by atoms with Gasteiger partial charge in [0.2, 0.25) is 9.84 Å². The first-order valence-electron chi connectivity index (χ1n) is 8.94. The van der Waals surface area contributed by atoms with E-state index >= 15 is 0 Å². The summed E-state index contributed by atoms with van der Waals surface area (Å²) in [4.78, 5) is 1.87. The van der Waals surface area contributed by atoms with Crippen molar-refractivity contribution in [2.45, 2.75) is 33.8 Å². The van der Waals surface area contributed by atoms with E-state index in [0.717, 1.165) is 12.8 Å². The van der Waals surface area contributed by atoms with Gasteiger partial charge in [0.1, 0.15) is 17.3 Å². The van der Waals surface area contributed by atoms with Gasteiger partial charge >= 0.3 is 0 Å². The standard InChI is InChI=1S/C19H19NO7S2/c21-28(22,15-6-2-1-3-7-15)19-18(29(23,24)25)16-9-8-13(11-17(16)20-19)27-12-14-5-4-10-26-14/h1-3,6-9,11,14,20H,4-5,10,12H2,(H,23,24,25). The molecule has 4 rings (SSSR count). The molecule has 2 heterocycles. The van der Waals surface area contributed by atoms with Crippen LogP contribution < -0.4 is 4.74 Å². The minimum atomic E-state index is -4.82. The highest BCUT2D eigenvalue weighted by Crippen LogP contribution is 2.35. The van der Waals surface area contributed by atoms with Gasteiger partial charge in [-0.1, -0.05) is 18.2 Å². The third kappa shape index (κ3) is 3.88. The van der Waals surface area contributed by atoms with Crippen LogP contribution >= 0.6 is 0 Å². The summed E-state index contributed by atoms with van der Waals surface area (Å²) in [5.74, 6) is 0.430. The minimum Gasteiger partial charge on any atom is -0.491 e. The molecule has 1 unspecified atom stereocenters. The molecule has 1 aliphatic heterocycles. The molecule has 8 nitrogen and oxygen atoms in total. The zero-order chi connectivity index (χ0) is 20.6. The molecule has 154 valence electrons. The third-order valence-corrected chi connectivity index (χ3v) is 7.54. The fourth-order valence-electron chi connectivity index (χ4n) is 3.34. The number of nitrogens with one attached hydrogen (secondary N) is 1. The van der Waals surface area contributed by atoms with Crippen LogP contribution in [0.5, 0.6) is 5.75 Å². The van der Waals surface area contributed by atoms with Crippen molar-refractivity contribution in [2.24, 2.45) is 0 Å². The summed E-state index contributed by atoms with van der Waals surface area (Å²) in [5, 5.41) is -0.524. The molecule has 0 spiro atoms. The molecule has 0 saturated carbocycles. The summed E-state index contributed by atoms with van der Waals surface area (Å²) in [6, 6.07) is 11.8. The van der Waals surface area contributed by atoms with Crippen LogP contribution in [-0.2, 0) is 24.7 Å². The van der Waals surface area contributed by atoms with Crippen LogP contribution in [0.25, 0.3) is 10.9 Å². The average Bonchev–Trinajstić information content (AvgIpc) is 3.34. The van der Waals surface area contributed by atoms with Gasteiger partial charge in [0.15, 0.2) is 5.03 Å². The number of ether oxygens (including phenoxy) is 2. The summed E-state index contributed by atoms with van der Waals surface area (Å²) in [5.41, 5.74) is 0.219. The van der Waals surface area contributed by atoms with E-state index in [-0.39, 0.29) is 21.9 Å². The Hall–Kier alpha value is -2.40. The van der Waals surface area contributed by atoms with Gasteiger partial charge in [0.25, 0.3) is 10.1 Å². The lowest BCUT2D eigenvalue weighted by Gasteiger charge is -2.11. The normalized spacial score (nSPS) is 17.6. The fraction of sp³-hybridized carbons (Fsp3) is 0.263. The fourth-order valence-corrected chi connectivity index (χ4v) is 6.08. The molecule has 1 saturated heterocycles. The lowest BCUT2D eigenvalue weighted by Crippen LogP contribution is -2.16. The number of hydrogen-bond acceptors (Lipinski definition) is 6. The molecule has 1 aromatic heterocycles. The second kappa shape index (κ2) is 7.45. The molecule has 0 amide bonds. The van der Waals surface area contributed by atoms with Gasteiger partial charge in [-0.25, -0.2) is 8.42 Å². The monoisotopic (exact) mass is 437 g/mol. The van der Waals surface area contributed by atoms with Crippen molar-refractivity contribution in [2.75, 3.05) is 13.2 Å². The number of hydrogen-bond donors (Lipinski definition) is 2. The largest absolute Gasteiger partial charge is 0.491 e. The van der Waals surface area contributed by atoms with Crippen molar-refractivity contribution in [1.82, 2.24) is 4.98 Å². The van der Waals surface area contributed by atoms with Crippen molar-refractivity contribution in [3.8, 4) is 5.75 Å². The predicted molar refractivity (Wildman–Crippen MR) is 104 cm³/mol. The van der Waals surface area contributed by atoms with Crippen LogP contribution in [0.4, 0.5) is 0 Å². The van der Waals surface area contributed by atoms with E-state index in [0.29, 0.717) is 19.0 Å². The maximum atomic E-state index is 13.0. The zero-order valence-corrected chi connectivity index (χ0v) is 16.9. The number of rotatable bonds is 6. The lowest BCUT2D eigenvalue weighted by atomic mass is 10.2. The number of sulfone groups is 1. The molecule has 10 heteroatoms. The van der Waals surface area contributed by atoms with E-state index in [1.165, 1.54) is 42.5 Å². The minimum absolute atomic E-state index is 0.00302. The molecule has 0 aliphatic carbocycles. The molecular formula is C19H19NO7S2. The van der Waals surface area contributed by atoms with Crippen LogP contribution in [0.3, 0.4) is 0 Å². The number of fused-ring (bicyclic) bond motifs is 1. The van der Waals surface area contributed by atoms with E-state index in [1.54, 1.807) is 6.07 Å². The van der Waals surface area contributed by atoms with Crippen LogP contribution in [0, 0.1) is 0 Å². The summed E-state index contributed by atoms with van der Waals surface area (Å²) in [7, 11) is -9.03.